The Hall–Kier alpha value is -4.53. The number of carbonyl (C=O) groups is 1. The largest absolute Gasteiger partial charge is 0.494 e. The summed E-state index contributed by atoms with van der Waals surface area (Å²) in [5.41, 5.74) is 2.60. The lowest BCUT2D eigenvalue weighted by atomic mass is 9.98. The Labute approximate surface area is 267 Å². The lowest BCUT2D eigenvalue weighted by molar-refractivity contribution is -0.128. The van der Waals surface area contributed by atoms with Crippen molar-refractivity contribution in [2.75, 3.05) is 65.4 Å². The van der Waals surface area contributed by atoms with Crippen LogP contribution in [0.5, 0.6) is 11.8 Å². The highest BCUT2D eigenvalue weighted by molar-refractivity contribution is 6.36. The van der Waals surface area contributed by atoms with Crippen molar-refractivity contribution < 1.29 is 18.7 Å². The topological polar surface area (TPSA) is 108 Å². The first-order valence-corrected chi connectivity index (χ1v) is 15.0. The number of nitrogens with zero attached hydrogens (tertiary/aromatic N) is 7. The van der Waals surface area contributed by atoms with Crippen molar-refractivity contribution in [1.29, 1.82) is 5.26 Å². The summed E-state index contributed by atoms with van der Waals surface area (Å²) in [5.74, 6) is -0.608. The average molecular weight is 634 g/mol. The quantitative estimate of drug-likeness (QED) is 0.249. The first-order chi connectivity index (χ1) is 21.7. The SMILES string of the molecule is C=C(F)C(=O)N1CCN(c2nc(OC)nc3c(OC)c(-c4cccc5cccc(Cl)c45)cnc23)CC1.CC#N.CN1CCCC1. The lowest BCUT2D eigenvalue weighted by Gasteiger charge is -2.35. The van der Waals surface area contributed by atoms with Crippen molar-refractivity contribution in [1.82, 2.24) is 24.8 Å². The van der Waals surface area contributed by atoms with Gasteiger partial charge >= 0.3 is 6.01 Å². The monoisotopic (exact) mass is 633 g/mol. The number of pyridine rings is 1. The summed E-state index contributed by atoms with van der Waals surface area (Å²) >= 11 is 6.58. The second-order valence-electron chi connectivity index (χ2n) is 10.5. The second kappa shape index (κ2) is 15.5. The molecule has 0 saturated carbocycles. The maximum atomic E-state index is 13.3. The zero-order valence-electron chi connectivity index (χ0n) is 26.0. The second-order valence-corrected chi connectivity index (χ2v) is 10.9. The Morgan fingerprint density at radius 1 is 0.978 bits per heavy atom. The normalized spacial score (nSPS) is 14.6. The van der Waals surface area contributed by atoms with Crippen LogP contribution < -0.4 is 14.4 Å². The molecule has 2 saturated heterocycles. The highest BCUT2D eigenvalue weighted by atomic mass is 35.5. The molecule has 0 aliphatic carbocycles. The first kappa shape index (κ1) is 33.4. The molecular weight excluding hydrogens is 597 g/mol. The zero-order valence-corrected chi connectivity index (χ0v) is 26.8. The number of halogens is 2. The molecule has 0 spiro atoms. The molecule has 4 aromatic rings. The Bertz CT molecular complexity index is 1710. The molecule has 236 valence electrons. The van der Waals surface area contributed by atoms with Gasteiger partial charge in [-0.15, -0.1) is 0 Å². The fourth-order valence-corrected chi connectivity index (χ4v) is 5.70. The molecule has 10 nitrogen and oxygen atoms in total. The van der Waals surface area contributed by atoms with Gasteiger partial charge < -0.3 is 24.2 Å². The number of nitriles is 1. The number of piperazine rings is 1. The van der Waals surface area contributed by atoms with Gasteiger partial charge in [0, 0.05) is 55.3 Å². The number of ether oxygens (including phenoxy) is 2. The van der Waals surface area contributed by atoms with Crippen molar-refractivity contribution >= 4 is 45.1 Å². The molecule has 1 amide bonds. The molecule has 0 unspecified atom stereocenters. The van der Waals surface area contributed by atoms with Gasteiger partial charge in [-0.25, -0.2) is 9.37 Å². The number of benzene rings is 2. The van der Waals surface area contributed by atoms with Gasteiger partial charge in [-0.2, -0.15) is 15.2 Å². The number of amides is 1. The number of likely N-dealkylation sites (tertiary alicyclic amines) is 1. The minimum Gasteiger partial charge on any atom is -0.494 e. The van der Waals surface area contributed by atoms with Crippen molar-refractivity contribution in [3.63, 3.8) is 0 Å². The standard InChI is InChI=1S/C26H23ClFN5O3.C5H11N.C2H3N/c1-15(28)25(34)33-12-10-32(11-13-33)24-22-21(30-26(31-24)36-3)23(35-2)18(14-29-22)17-8-4-6-16-7-5-9-19(27)20(16)17;1-6-4-2-3-5-6;1-2-3/h4-9,14H,1,10-13H2,2-3H3;2-5H2,1H3;1H3. The van der Waals surface area contributed by atoms with Crippen molar-refractivity contribution in [3.05, 3.63) is 60.0 Å². The van der Waals surface area contributed by atoms with E-state index >= 15 is 0 Å². The van der Waals surface area contributed by atoms with Crippen LogP contribution in [-0.4, -0.2) is 91.2 Å². The van der Waals surface area contributed by atoms with Crippen LogP contribution in [0.4, 0.5) is 10.2 Å². The molecule has 12 heteroatoms. The van der Waals surface area contributed by atoms with Gasteiger partial charge in [0.25, 0.3) is 5.91 Å². The molecule has 2 aromatic carbocycles. The van der Waals surface area contributed by atoms with E-state index in [9.17, 15) is 9.18 Å². The molecule has 2 aliphatic heterocycles. The predicted molar refractivity (Wildman–Crippen MR) is 175 cm³/mol. The van der Waals surface area contributed by atoms with Crippen LogP contribution in [0.1, 0.15) is 19.8 Å². The Morgan fingerprint density at radius 3 is 2.18 bits per heavy atom. The minimum absolute atomic E-state index is 0.154. The third-order valence-corrected chi connectivity index (χ3v) is 7.90. The molecule has 45 heavy (non-hydrogen) atoms. The van der Waals surface area contributed by atoms with E-state index in [2.05, 4.69) is 28.5 Å². The fourth-order valence-electron chi connectivity index (χ4n) is 5.41. The molecule has 6 rings (SSSR count). The van der Waals surface area contributed by atoms with Crippen LogP contribution in [0, 0.1) is 11.3 Å². The van der Waals surface area contributed by atoms with Crippen LogP contribution in [0.3, 0.4) is 0 Å². The Kier molecular flexibility index (Phi) is 11.5. The van der Waals surface area contributed by atoms with E-state index in [0.717, 1.165) is 21.9 Å². The number of fused-ring (bicyclic) bond motifs is 2. The average Bonchev–Trinajstić information content (AvgIpc) is 3.54. The highest BCUT2D eigenvalue weighted by Gasteiger charge is 2.27. The van der Waals surface area contributed by atoms with Crippen molar-refractivity contribution in [2.45, 2.75) is 19.8 Å². The molecule has 0 bridgehead atoms. The first-order valence-electron chi connectivity index (χ1n) is 14.6. The third-order valence-electron chi connectivity index (χ3n) is 7.59. The smallest absolute Gasteiger partial charge is 0.318 e. The van der Waals surface area contributed by atoms with Gasteiger partial charge in [0.2, 0.25) is 0 Å². The summed E-state index contributed by atoms with van der Waals surface area (Å²) in [6.07, 6.45) is 4.55. The van der Waals surface area contributed by atoms with Crippen LogP contribution >= 0.6 is 11.6 Å². The van der Waals surface area contributed by atoms with Gasteiger partial charge in [-0.1, -0.05) is 48.5 Å². The number of hydrogen-bond acceptors (Lipinski definition) is 9. The van der Waals surface area contributed by atoms with Gasteiger partial charge in [-0.05, 0) is 50.0 Å². The summed E-state index contributed by atoms with van der Waals surface area (Å²) in [6, 6.07) is 13.6. The molecule has 4 heterocycles. The Balaban J connectivity index is 0.000000446. The van der Waals surface area contributed by atoms with Crippen LogP contribution in [0.2, 0.25) is 5.02 Å². The molecule has 0 atom stereocenters. The number of anilines is 1. The minimum atomic E-state index is -0.968. The lowest BCUT2D eigenvalue weighted by Crippen LogP contribution is -2.49. The molecule has 2 aromatic heterocycles. The summed E-state index contributed by atoms with van der Waals surface area (Å²) in [6.45, 7) is 8.67. The molecule has 2 aliphatic rings. The van der Waals surface area contributed by atoms with E-state index in [1.807, 2.05) is 41.3 Å². The summed E-state index contributed by atoms with van der Waals surface area (Å²) in [4.78, 5) is 31.6. The number of aromatic nitrogens is 3. The van der Waals surface area contributed by atoms with E-state index in [-0.39, 0.29) is 6.01 Å². The van der Waals surface area contributed by atoms with Gasteiger partial charge in [0.15, 0.2) is 17.4 Å². The van der Waals surface area contributed by atoms with Crippen molar-refractivity contribution in [2.24, 2.45) is 0 Å². The van der Waals surface area contributed by atoms with E-state index in [1.54, 1.807) is 19.4 Å². The maximum absolute atomic E-state index is 13.3. The van der Waals surface area contributed by atoms with Crippen LogP contribution in [-0.2, 0) is 4.79 Å². The number of carbonyl (C=O) groups excluding carboxylic acids is 1. The summed E-state index contributed by atoms with van der Waals surface area (Å²) < 4.78 is 24.6. The molecule has 2 fully saturated rings. The van der Waals surface area contributed by atoms with Gasteiger partial charge in [0.1, 0.15) is 11.0 Å². The molecular formula is C33H37ClFN7O3. The molecule has 0 radical (unpaired) electrons. The van der Waals surface area contributed by atoms with Crippen LogP contribution in [0.15, 0.2) is 55.0 Å². The predicted octanol–water partition coefficient (Wildman–Crippen LogP) is 5.89. The molecule has 0 N–H and O–H groups in total. The summed E-state index contributed by atoms with van der Waals surface area (Å²) in [7, 11) is 5.24. The van der Waals surface area contributed by atoms with E-state index in [4.69, 9.17) is 31.3 Å². The van der Waals surface area contributed by atoms with E-state index in [0.29, 0.717) is 53.8 Å². The van der Waals surface area contributed by atoms with E-state index in [1.165, 1.54) is 44.9 Å². The number of rotatable bonds is 5. The van der Waals surface area contributed by atoms with Crippen molar-refractivity contribution in [3.8, 4) is 29.0 Å². The number of methoxy groups -OCH3 is 2. The summed E-state index contributed by atoms with van der Waals surface area (Å²) in [5, 5.41) is 9.82. The van der Waals surface area contributed by atoms with Gasteiger partial charge in [0.05, 0.1) is 20.3 Å². The fraction of sp³-hybridized carbons (Fsp3) is 0.364. The maximum Gasteiger partial charge on any atom is 0.318 e. The Morgan fingerprint density at radius 2 is 1.62 bits per heavy atom. The zero-order chi connectivity index (χ0) is 32.5. The highest BCUT2D eigenvalue weighted by Crippen LogP contribution is 2.42. The third kappa shape index (κ3) is 7.59. The van der Waals surface area contributed by atoms with Gasteiger partial charge in [-0.3, -0.25) is 4.79 Å². The van der Waals surface area contributed by atoms with E-state index < -0.39 is 11.7 Å². The van der Waals surface area contributed by atoms with Crippen LogP contribution in [0.25, 0.3) is 32.9 Å². The number of hydrogen-bond donors (Lipinski definition) is 0.